The van der Waals surface area contributed by atoms with Crippen molar-refractivity contribution >= 4 is 33.3 Å². The zero-order valence-corrected chi connectivity index (χ0v) is 22.7. The fourth-order valence-electron chi connectivity index (χ4n) is 6.12. The van der Waals surface area contributed by atoms with Gasteiger partial charge in [-0.25, -0.2) is 4.98 Å². The number of nitrogens with zero attached hydrogens (tertiary/aromatic N) is 4. The number of anilines is 1. The lowest BCUT2D eigenvalue weighted by molar-refractivity contribution is -0.180. The van der Waals surface area contributed by atoms with Gasteiger partial charge in [0.15, 0.2) is 5.13 Å². The van der Waals surface area contributed by atoms with E-state index < -0.39 is 12.1 Å². The number of hydrogen-bond acceptors (Lipinski definition) is 6. The van der Waals surface area contributed by atoms with E-state index in [1.165, 1.54) is 4.88 Å². The lowest BCUT2D eigenvalue weighted by Gasteiger charge is -2.39. The van der Waals surface area contributed by atoms with Crippen LogP contribution in [0.5, 0.6) is 0 Å². The maximum Gasteiger partial charge on any atom is 0.395 e. The Hall–Kier alpha value is -2.72. The number of carbonyl (C=O) groups is 1. The van der Waals surface area contributed by atoms with Crippen molar-refractivity contribution in [3.63, 3.8) is 0 Å². The zero-order chi connectivity index (χ0) is 27.0. The van der Waals surface area contributed by atoms with Crippen molar-refractivity contribution < 1.29 is 18.0 Å². The fourth-order valence-corrected chi connectivity index (χ4v) is 7.23. The van der Waals surface area contributed by atoms with E-state index in [1.54, 1.807) is 22.4 Å². The Bertz CT molecular complexity index is 1280. The van der Waals surface area contributed by atoms with E-state index in [1.807, 2.05) is 30.3 Å². The number of carbonyl (C=O) groups excluding carboxylic acids is 1. The summed E-state index contributed by atoms with van der Waals surface area (Å²) in [6.07, 6.45) is 4.87. The van der Waals surface area contributed by atoms with E-state index in [4.69, 9.17) is 4.98 Å². The van der Waals surface area contributed by atoms with Gasteiger partial charge in [0.2, 0.25) is 0 Å². The molecule has 1 aliphatic carbocycles. The predicted molar refractivity (Wildman–Crippen MR) is 147 cm³/mol. The van der Waals surface area contributed by atoms with Crippen molar-refractivity contribution in [1.29, 1.82) is 0 Å². The van der Waals surface area contributed by atoms with E-state index in [0.29, 0.717) is 11.5 Å². The monoisotopic (exact) mass is 557 g/mol. The number of benzene rings is 1. The third-order valence-electron chi connectivity index (χ3n) is 8.63. The molecule has 6 rings (SSSR count). The van der Waals surface area contributed by atoms with Gasteiger partial charge in [-0.1, -0.05) is 12.1 Å². The Labute approximate surface area is 230 Å². The molecule has 1 amide bonds. The lowest BCUT2D eigenvalue weighted by atomic mass is 9.84. The van der Waals surface area contributed by atoms with Crippen LogP contribution in [0.3, 0.4) is 0 Å². The molecular formula is C29H34F3N5OS. The van der Waals surface area contributed by atoms with Crippen molar-refractivity contribution in [1.82, 2.24) is 20.2 Å². The second kappa shape index (κ2) is 11.0. The van der Waals surface area contributed by atoms with Crippen LogP contribution in [-0.2, 0) is 12.8 Å². The standard InChI is InChI=1S/C29H34F3N5OS/c30-29(31,32)20-17-37(18-20)28-35-25-11-15-36(16-12-26(25)39-28)14-10-19-6-8-21(9-7-19)34-27(38)23-3-1-5-24-22(23)4-2-13-33-24/h1-5,13,19-21H,6-12,14-18H2,(H,34,38)/t19-,21-. The van der Waals surface area contributed by atoms with Gasteiger partial charge in [-0.3, -0.25) is 9.78 Å². The summed E-state index contributed by atoms with van der Waals surface area (Å²) in [5.74, 6) is -0.556. The maximum atomic E-state index is 13.0. The Morgan fingerprint density at radius 1 is 1.05 bits per heavy atom. The van der Waals surface area contributed by atoms with E-state index in [0.717, 1.165) is 86.3 Å². The highest BCUT2D eigenvalue weighted by molar-refractivity contribution is 7.15. The number of fused-ring (bicyclic) bond motifs is 2. The van der Waals surface area contributed by atoms with Crippen LogP contribution in [0, 0.1) is 11.8 Å². The largest absolute Gasteiger partial charge is 0.395 e. The maximum absolute atomic E-state index is 13.0. The van der Waals surface area contributed by atoms with Crippen LogP contribution in [0.4, 0.5) is 18.3 Å². The molecule has 0 spiro atoms. The smallest absolute Gasteiger partial charge is 0.349 e. The van der Waals surface area contributed by atoms with Gasteiger partial charge in [0.05, 0.1) is 17.1 Å². The molecule has 0 atom stereocenters. The third-order valence-corrected chi connectivity index (χ3v) is 9.85. The molecule has 1 aromatic carbocycles. The number of aromatic nitrogens is 2. The van der Waals surface area contributed by atoms with Gasteiger partial charge in [0.25, 0.3) is 5.91 Å². The number of hydrogen-bond donors (Lipinski definition) is 1. The molecule has 4 heterocycles. The summed E-state index contributed by atoms with van der Waals surface area (Å²) in [6, 6.07) is 9.72. The summed E-state index contributed by atoms with van der Waals surface area (Å²) in [5, 5.41) is 4.91. The second-order valence-electron chi connectivity index (χ2n) is 11.2. The topological polar surface area (TPSA) is 61.4 Å². The molecule has 3 aromatic rings. The average Bonchev–Trinajstić information content (AvgIpc) is 3.19. The minimum absolute atomic E-state index is 0.0138. The quantitative estimate of drug-likeness (QED) is 0.436. The number of nitrogens with one attached hydrogen (secondary N) is 1. The van der Waals surface area contributed by atoms with Crippen LogP contribution in [0.1, 0.15) is 53.0 Å². The highest BCUT2D eigenvalue weighted by Gasteiger charge is 2.48. The number of thiazole rings is 1. The van der Waals surface area contributed by atoms with Gasteiger partial charge >= 0.3 is 6.18 Å². The number of pyridine rings is 1. The van der Waals surface area contributed by atoms with Crippen LogP contribution >= 0.6 is 11.3 Å². The fraction of sp³-hybridized carbons (Fsp3) is 0.552. The minimum Gasteiger partial charge on any atom is -0.349 e. The van der Waals surface area contributed by atoms with Crippen molar-refractivity contribution in [3.05, 3.63) is 52.7 Å². The van der Waals surface area contributed by atoms with Gasteiger partial charge in [-0.15, -0.1) is 11.3 Å². The highest BCUT2D eigenvalue weighted by atomic mass is 32.1. The van der Waals surface area contributed by atoms with Crippen molar-refractivity contribution in [2.45, 2.75) is 57.2 Å². The zero-order valence-electron chi connectivity index (χ0n) is 21.9. The highest BCUT2D eigenvalue weighted by Crippen LogP contribution is 2.39. The number of alkyl halides is 3. The summed E-state index contributed by atoms with van der Waals surface area (Å²) in [5.41, 5.74) is 2.60. The Balaban J connectivity index is 0.930. The molecule has 10 heteroatoms. The average molecular weight is 558 g/mol. The number of rotatable bonds is 6. The summed E-state index contributed by atoms with van der Waals surface area (Å²) < 4.78 is 38.5. The molecule has 0 radical (unpaired) electrons. The van der Waals surface area contributed by atoms with Crippen molar-refractivity contribution in [2.24, 2.45) is 11.8 Å². The van der Waals surface area contributed by atoms with Crippen molar-refractivity contribution in [3.8, 4) is 0 Å². The summed E-state index contributed by atoms with van der Waals surface area (Å²) in [4.78, 5) is 27.6. The molecule has 39 heavy (non-hydrogen) atoms. The van der Waals surface area contributed by atoms with Gasteiger partial charge in [-0.05, 0) is 69.2 Å². The first-order chi connectivity index (χ1) is 18.8. The first-order valence-corrected chi connectivity index (χ1v) is 14.8. The normalized spacial score (nSPS) is 22.8. The molecule has 1 N–H and O–H groups in total. The SMILES string of the molecule is O=C(N[C@H]1CC[C@H](CCN2CCc3nc(N4CC(C(F)(F)F)C4)sc3CC2)CC1)c1cccc2ncccc12. The first kappa shape index (κ1) is 26.5. The van der Waals surface area contributed by atoms with Gasteiger partial charge in [0.1, 0.15) is 0 Å². The van der Waals surface area contributed by atoms with Gasteiger partial charge < -0.3 is 15.1 Å². The number of amides is 1. The number of halogens is 3. The molecule has 208 valence electrons. The van der Waals surface area contributed by atoms with E-state index in [-0.39, 0.29) is 25.0 Å². The second-order valence-corrected chi connectivity index (χ2v) is 12.3. The van der Waals surface area contributed by atoms with Crippen LogP contribution in [-0.4, -0.2) is 65.7 Å². The summed E-state index contributed by atoms with van der Waals surface area (Å²) >= 11 is 1.58. The predicted octanol–water partition coefficient (Wildman–Crippen LogP) is 5.47. The first-order valence-electron chi connectivity index (χ1n) is 14.0. The molecule has 2 aliphatic heterocycles. The lowest BCUT2D eigenvalue weighted by Crippen LogP contribution is -2.53. The van der Waals surface area contributed by atoms with Gasteiger partial charge in [-0.2, -0.15) is 13.2 Å². The summed E-state index contributed by atoms with van der Waals surface area (Å²) in [7, 11) is 0. The van der Waals surface area contributed by atoms with E-state index >= 15 is 0 Å². The molecule has 0 bridgehead atoms. The van der Waals surface area contributed by atoms with Crippen LogP contribution in [0.15, 0.2) is 36.5 Å². The Kier molecular flexibility index (Phi) is 7.50. The Morgan fingerprint density at radius 3 is 2.64 bits per heavy atom. The van der Waals surface area contributed by atoms with Gasteiger partial charge in [0, 0.05) is 60.7 Å². The molecule has 2 fully saturated rings. The molecule has 1 saturated heterocycles. The molecule has 6 nitrogen and oxygen atoms in total. The Morgan fingerprint density at radius 2 is 1.85 bits per heavy atom. The molecular weight excluding hydrogens is 523 g/mol. The summed E-state index contributed by atoms with van der Waals surface area (Å²) in [6.45, 7) is 3.06. The molecule has 3 aliphatic rings. The van der Waals surface area contributed by atoms with Crippen LogP contribution in [0.25, 0.3) is 10.9 Å². The van der Waals surface area contributed by atoms with Crippen LogP contribution < -0.4 is 10.2 Å². The molecule has 1 saturated carbocycles. The van der Waals surface area contributed by atoms with Crippen molar-refractivity contribution in [2.75, 3.05) is 37.6 Å². The van der Waals surface area contributed by atoms with E-state index in [2.05, 4.69) is 15.2 Å². The molecule has 0 unspecified atom stereocenters. The van der Waals surface area contributed by atoms with E-state index in [9.17, 15) is 18.0 Å². The third kappa shape index (κ3) is 5.91. The minimum atomic E-state index is -4.10. The van der Waals surface area contributed by atoms with Crippen LogP contribution in [0.2, 0.25) is 0 Å². The molecule has 2 aromatic heterocycles.